The van der Waals surface area contributed by atoms with Crippen LogP contribution in [-0.2, 0) is 29.1 Å². The molecule has 3 heterocycles. The van der Waals surface area contributed by atoms with Crippen LogP contribution in [0.1, 0.15) is 54.1 Å². The number of pyridine rings is 1. The van der Waals surface area contributed by atoms with Gasteiger partial charge in [-0.15, -0.1) is 11.3 Å². The van der Waals surface area contributed by atoms with Crippen LogP contribution in [0.15, 0.2) is 24.5 Å². The average Bonchev–Trinajstić information content (AvgIpc) is 2.95. The van der Waals surface area contributed by atoms with E-state index in [4.69, 9.17) is 4.74 Å². The van der Waals surface area contributed by atoms with Crippen LogP contribution in [0.4, 0.5) is 5.00 Å². The van der Waals surface area contributed by atoms with Crippen LogP contribution in [0.5, 0.6) is 0 Å². The largest absolute Gasteiger partial charge is 0.376 e. The third kappa shape index (κ3) is 3.46. The maximum atomic E-state index is 13.1. The minimum atomic E-state index is -0.161. The van der Waals surface area contributed by atoms with Gasteiger partial charge in [0.25, 0.3) is 5.91 Å². The van der Waals surface area contributed by atoms with Gasteiger partial charge in [0.1, 0.15) is 5.00 Å². The van der Waals surface area contributed by atoms with Crippen molar-refractivity contribution in [1.29, 1.82) is 0 Å². The highest BCUT2D eigenvalue weighted by atomic mass is 32.1. The van der Waals surface area contributed by atoms with Crippen molar-refractivity contribution in [3.63, 3.8) is 0 Å². The molecule has 2 aromatic heterocycles. The van der Waals surface area contributed by atoms with Crippen LogP contribution >= 0.6 is 11.3 Å². The zero-order valence-corrected chi connectivity index (χ0v) is 18.1. The molecule has 0 aromatic carbocycles. The molecule has 154 valence electrons. The van der Waals surface area contributed by atoms with Crippen molar-refractivity contribution in [1.82, 2.24) is 10.3 Å². The highest BCUT2D eigenvalue weighted by Crippen LogP contribution is 2.68. The van der Waals surface area contributed by atoms with E-state index in [1.807, 2.05) is 12.1 Å². The van der Waals surface area contributed by atoms with E-state index in [0.29, 0.717) is 36.7 Å². The maximum absolute atomic E-state index is 13.1. The topological polar surface area (TPSA) is 80.3 Å². The van der Waals surface area contributed by atoms with Crippen molar-refractivity contribution < 1.29 is 14.3 Å². The molecule has 0 atom stereocenters. The minimum Gasteiger partial charge on any atom is -0.376 e. The van der Waals surface area contributed by atoms with Gasteiger partial charge in [0.15, 0.2) is 0 Å². The highest BCUT2D eigenvalue weighted by Gasteiger charge is 2.68. The predicted molar refractivity (Wildman–Crippen MR) is 113 cm³/mol. The summed E-state index contributed by atoms with van der Waals surface area (Å²) in [5.41, 5.74) is 2.46. The summed E-state index contributed by atoms with van der Waals surface area (Å²) in [4.78, 5) is 31.1. The Labute approximate surface area is 175 Å². The molecule has 2 amide bonds. The number of hydrogen-bond acceptors (Lipinski definition) is 5. The van der Waals surface area contributed by atoms with Gasteiger partial charge >= 0.3 is 0 Å². The van der Waals surface area contributed by atoms with Crippen molar-refractivity contribution in [2.24, 2.45) is 16.7 Å². The number of amides is 2. The summed E-state index contributed by atoms with van der Waals surface area (Å²) in [7, 11) is 0. The molecule has 29 heavy (non-hydrogen) atoms. The number of aromatic nitrogens is 1. The summed E-state index contributed by atoms with van der Waals surface area (Å²) in [5, 5.41) is 6.70. The lowest BCUT2D eigenvalue weighted by Gasteiger charge is -2.14. The fourth-order valence-corrected chi connectivity index (χ4v) is 5.55. The number of nitrogens with zero attached hydrogens (tertiary/aromatic N) is 1. The van der Waals surface area contributed by atoms with Crippen LogP contribution in [0.25, 0.3) is 0 Å². The second-order valence-corrected chi connectivity index (χ2v) is 10.0. The molecule has 0 bridgehead atoms. The molecule has 1 saturated carbocycles. The number of fused-ring (bicyclic) bond motifs is 1. The Kier molecular flexibility index (Phi) is 4.99. The van der Waals surface area contributed by atoms with E-state index < -0.39 is 0 Å². The molecule has 1 fully saturated rings. The molecule has 2 aliphatic rings. The molecule has 0 spiro atoms. The van der Waals surface area contributed by atoms with Gasteiger partial charge in [-0.3, -0.25) is 14.6 Å². The Balaban J connectivity index is 1.57. The Bertz CT molecular complexity index is 936. The molecule has 0 unspecified atom stereocenters. The minimum absolute atomic E-state index is 0.0114. The van der Waals surface area contributed by atoms with Crippen molar-refractivity contribution in [3.05, 3.63) is 46.1 Å². The Morgan fingerprint density at radius 3 is 2.55 bits per heavy atom. The molecule has 7 heteroatoms. The number of anilines is 1. The highest BCUT2D eigenvalue weighted by molar-refractivity contribution is 7.17. The van der Waals surface area contributed by atoms with Gasteiger partial charge in [0.05, 0.1) is 18.8 Å². The number of hydrogen-bond donors (Lipinski definition) is 2. The first kappa shape index (κ1) is 20.0. The molecule has 0 radical (unpaired) electrons. The molecule has 4 rings (SSSR count). The van der Waals surface area contributed by atoms with Gasteiger partial charge in [0, 0.05) is 29.7 Å². The van der Waals surface area contributed by atoms with E-state index in [-0.39, 0.29) is 28.6 Å². The second-order valence-electron chi connectivity index (χ2n) is 8.91. The van der Waals surface area contributed by atoms with Gasteiger partial charge in [0.2, 0.25) is 5.91 Å². The standard InChI is InChI=1S/C22H27N3O3S/c1-21(2)17(22(21,3)4)19(27)25-20-16(14-7-10-28-12-15(14)29-20)18(26)24-11-13-5-8-23-9-6-13/h5-6,8-9,17H,7,10-12H2,1-4H3,(H,24,26)(H,25,27). The molecule has 6 nitrogen and oxygen atoms in total. The summed E-state index contributed by atoms with van der Waals surface area (Å²) in [6, 6.07) is 3.74. The number of carbonyl (C=O) groups is 2. The molecule has 1 aliphatic heterocycles. The molecule has 2 N–H and O–H groups in total. The normalized spacial score (nSPS) is 19.3. The number of carbonyl (C=O) groups excluding carboxylic acids is 2. The molecular weight excluding hydrogens is 386 g/mol. The van der Waals surface area contributed by atoms with E-state index >= 15 is 0 Å². The van der Waals surface area contributed by atoms with Crippen LogP contribution < -0.4 is 10.6 Å². The van der Waals surface area contributed by atoms with E-state index in [9.17, 15) is 9.59 Å². The second kappa shape index (κ2) is 7.22. The van der Waals surface area contributed by atoms with Gasteiger partial charge in [-0.05, 0) is 40.5 Å². The number of thiophene rings is 1. The quantitative estimate of drug-likeness (QED) is 0.782. The van der Waals surface area contributed by atoms with Crippen molar-refractivity contribution in [2.45, 2.75) is 47.3 Å². The summed E-state index contributed by atoms with van der Waals surface area (Å²) in [5.74, 6) is -0.244. The van der Waals surface area contributed by atoms with E-state index in [1.54, 1.807) is 12.4 Å². The van der Waals surface area contributed by atoms with Crippen LogP contribution in [0.3, 0.4) is 0 Å². The zero-order chi connectivity index (χ0) is 20.8. The maximum Gasteiger partial charge on any atom is 0.254 e. The number of rotatable bonds is 5. The summed E-state index contributed by atoms with van der Waals surface area (Å²) >= 11 is 1.46. The zero-order valence-electron chi connectivity index (χ0n) is 17.3. The molecule has 1 aliphatic carbocycles. The van der Waals surface area contributed by atoms with Crippen molar-refractivity contribution in [3.8, 4) is 0 Å². The lowest BCUT2D eigenvalue weighted by Crippen LogP contribution is -2.26. The van der Waals surface area contributed by atoms with Crippen LogP contribution in [0.2, 0.25) is 0 Å². The summed E-state index contributed by atoms with van der Waals surface area (Å²) in [6.45, 7) is 9.96. The first-order chi connectivity index (χ1) is 13.7. The first-order valence-corrected chi connectivity index (χ1v) is 10.8. The third-order valence-corrected chi connectivity index (χ3v) is 7.89. The summed E-state index contributed by atoms with van der Waals surface area (Å²) in [6.07, 6.45) is 4.09. The summed E-state index contributed by atoms with van der Waals surface area (Å²) < 4.78 is 5.56. The Hall–Kier alpha value is -2.25. The van der Waals surface area contributed by atoms with Gasteiger partial charge < -0.3 is 15.4 Å². The fourth-order valence-electron chi connectivity index (χ4n) is 4.37. The van der Waals surface area contributed by atoms with Gasteiger partial charge in [-0.2, -0.15) is 0 Å². The Morgan fingerprint density at radius 1 is 1.21 bits per heavy atom. The molecular formula is C22H27N3O3S. The molecule has 0 saturated heterocycles. The van der Waals surface area contributed by atoms with Crippen LogP contribution in [0, 0.1) is 16.7 Å². The third-order valence-electron chi connectivity index (χ3n) is 6.77. The number of nitrogens with one attached hydrogen (secondary N) is 2. The first-order valence-electron chi connectivity index (χ1n) is 9.93. The lowest BCUT2D eigenvalue weighted by molar-refractivity contribution is -0.118. The monoisotopic (exact) mass is 413 g/mol. The fraction of sp³-hybridized carbons (Fsp3) is 0.500. The van der Waals surface area contributed by atoms with E-state index in [2.05, 4.69) is 43.3 Å². The van der Waals surface area contributed by atoms with E-state index in [1.165, 1.54) is 11.3 Å². The van der Waals surface area contributed by atoms with E-state index in [0.717, 1.165) is 16.0 Å². The Morgan fingerprint density at radius 2 is 1.90 bits per heavy atom. The lowest BCUT2D eigenvalue weighted by atomic mass is 10.0. The van der Waals surface area contributed by atoms with Gasteiger partial charge in [-0.1, -0.05) is 27.7 Å². The predicted octanol–water partition coefficient (Wildman–Crippen LogP) is 3.77. The van der Waals surface area contributed by atoms with Crippen LogP contribution in [-0.4, -0.2) is 23.4 Å². The SMILES string of the molecule is CC1(C)C(C(=O)Nc2sc3c(c2C(=O)NCc2ccncc2)CCOC3)C1(C)C. The smallest absolute Gasteiger partial charge is 0.254 e. The van der Waals surface area contributed by atoms with Crippen molar-refractivity contribution >= 4 is 28.2 Å². The molecule has 2 aromatic rings. The van der Waals surface area contributed by atoms with Crippen molar-refractivity contribution in [2.75, 3.05) is 11.9 Å². The average molecular weight is 414 g/mol. The van der Waals surface area contributed by atoms with Gasteiger partial charge in [-0.25, -0.2) is 0 Å². The number of ether oxygens (including phenoxy) is 1.